The Morgan fingerprint density at radius 1 is 0.833 bits per heavy atom. The van der Waals surface area contributed by atoms with Crippen LogP contribution in [0.2, 0.25) is 0 Å². The van der Waals surface area contributed by atoms with Gasteiger partial charge in [-0.2, -0.15) is 0 Å². The SMILES string of the molecule is COc1cccc(N2CCN(CC(N)c3ccccc3Oc3ccccc3)CC2)c1. The fourth-order valence-corrected chi connectivity index (χ4v) is 3.87. The molecule has 1 fully saturated rings. The molecule has 156 valence electrons. The minimum atomic E-state index is -0.103. The molecule has 3 aromatic rings. The molecule has 0 aliphatic carbocycles. The molecule has 1 unspecified atom stereocenters. The summed E-state index contributed by atoms with van der Waals surface area (Å²) in [6.45, 7) is 4.71. The van der Waals surface area contributed by atoms with Crippen LogP contribution in [0.1, 0.15) is 11.6 Å². The van der Waals surface area contributed by atoms with Gasteiger partial charge in [-0.05, 0) is 30.3 Å². The Morgan fingerprint density at radius 2 is 1.53 bits per heavy atom. The number of nitrogens with zero attached hydrogens (tertiary/aromatic N) is 2. The number of para-hydroxylation sites is 2. The van der Waals surface area contributed by atoms with Crippen molar-refractivity contribution in [3.63, 3.8) is 0 Å². The zero-order valence-corrected chi connectivity index (χ0v) is 17.4. The number of rotatable bonds is 7. The Labute approximate surface area is 178 Å². The van der Waals surface area contributed by atoms with Gasteiger partial charge in [0, 0.05) is 56.1 Å². The van der Waals surface area contributed by atoms with Crippen molar-refractivity contribution in [3.8, 4) is 17.2 Å². The maximum absolute atomic E-state index is 6.61. The number of anilines is 1. The van der Waals surface area contributed by atoms with Crippen LogP contribution < -0.4 is 20.1 Å². The van der Waals surface area contributed by atoms with Crippen LogP contribution in [0.3, 0.4) is 0 Å². The summed E-state index contributed by atoms with van der Waals surface area (Å²) in [5.74, 6) is 2.54. The van der Waals surface area contributed by atoms with Gasteiger partial charge in [0.25, 0.3) is 0 Å². The Kier molecular flexibility index (Phi) is 6.52. The average Bonchev–Trinajstić information content (AvgIpc) is 2.80. The van der Waals surface area contributed by atoms with Gasteiger partial charge in [0.05, 0.1) is 7.11 Å². The van der Waals surface area contributed by atoms with E-state index in [0.717, 1.165) is 55.5 Å². The van der Waals surface area contributed by atoms with E-state index in [9.17, 15) is 0 Å². The van der Waals surface area contributed by atoms with Crippen LogP contribution in [0.5, 0.6) is 17.2 Å². The van der Waals surface area contributed by atoms with Crippen LogP contribution >= 0.6 is 0 Å². The third-order valence-electron chi connectivity index (χ3n) is 5.54. The summed E-state index contributed by atoms with van der Waals surface area (Å²) >= 11 is 0. The van der Waals surface area contributed by atoms with Gasteiger partial charge in [0.1, 0.15) is 17.2 Å². The fraction of sp³-hybridized carbons (Fsp3) is 0.280. The van der Waals surface area contributed by atoms with Crippen molar-refractivity contribution >= 4 is 5.69 Å². The van der Waals surface area contributed by atoms with E-state index < -0.39 is 0 Å². The van der Waals surface area contributed by atoms with Gasteiger partial charge in [-0.1, -0.05) is 42.5 Å². The van der Waals surface area contributed by atoms with E-state index in [0.29, 0.717) is 0 Å². The van der Waals surface area contributed by atoms with Gasteiger partial charge in [-0.3, -0.25) is 4.90 Å². The van der Waals surface area contributed by atoms with E-state index in [1.807, 2.05) is 60.7 Å². The molecule has 0 amide bonds. The Balaban J connectivity index is 1.37. The Hall–Kier alpha value is -3.02. The van der Waals surface area contributed by atoms with Crippen molar-refractivity contribution in [2.45, 2.75) is 6.04 Å². The van der Waals surface area contributed by atoms with E-state index in [1.165, 1.54) is 5.69 Å². The van der Waals surface area contributed by atoms with E-state index in [1.54, 1.807) is 7.11 Å². The van der Waals surface area contributed by atoms with E-state index >= 15 is 0 Å². The van der Waals surface area contributed by atoms with Gasteiger partial charge < -0.3 is 20.1 Å². The predicted molar refractivity (Wildman–Crippen MR) is 122 cm³/mol. The Bertz CT molecular complexity index is 940. The number of ether oxygens (including phenoxy) is 2. The molecule has 2 N–H and O–H groups in total. The van der Waals surface area contributed by atoms with Crippen molar-refractivity contribution in [2.24, 2.45) is 5.73 Å². The van der Waals surface area contributed by atoms with Crippen molar-refractivity contribution in [2.75, 3.05) is 44.7 Å². The first kappa shape index (κ1) is 20.3. The van der Waals surface area contributed by atoms with Crippen LogP contribution in [0.15, 0.2) is 78.9 Å². The van der Waals surface area contributed by atoms with Crippen LogP contribution in [-0.2, 0) is 0 Å². The maximum Gasteiger partial charge on any atom is 0.132 e. The second-order valence-electron chi connectivity index (χ2n) is 7.55. The zero-order chi connectivity index (χ0) is 20.8. The summed E-state index contributed by atoms with van der Waals surface area (Å²) in [4.78, 5) is 4.83. The lowest BCUT2D eigenvalue weighted by Crippen LogP contribution is -2.48. The highest BCUT2D eigenvalue weighted by molar-refractivity contribution is 5.51. The van der Waals surface area contributed by atoms with E-state index in [4.69, 9.17) is 15.2 Å². The summed E-state index contributed by atoms with van der Waals surface area (Å²) in [7, 11) is 1.71. The second-order valence-corrected chi connectivity index (χ2v) is 7.55. The van der Waals surface area contributed by atoms with Crippen molar-refractivity contribution in [1.82, 2.24) is 4.90 Å². The summed E-state index contributed by atoms with van der Waals surface area (Å²) in [6.07, 6.45) is 0. The standard InChI is InChI=1S/C25H29N3O2/c1-29-22-11-7-8-20(18-22)28-16-14-27(15-17-28)19-24(26)23-12-5-6-13-25(23)30-21-9-3-2-4-10-21/h2-13,18,24H,14-17,19,26H2,1H3. The Morgan fingerprint density at radius 3 is 2.30 bits per heavy atom. The molecule has 0 aromatic heterocycles. The summed E-state index contributed by atoms with van der Waals surface area (Å²) < 4.78 is 11.5. The minimum absolute atomic E-state index is 0.103. The first-order valence-corrected chi connectivity index (χ1v) is 10.4. The van der Waals surface area contributed by atoms with Crippen LogP contribution in [0.25, 0.3) is 0 Å². The molecule has 3 aromatic carbocycles. The van der Waals surface area contributed by atoms with E-state index in [-0.39, 0.29) is 6.04 Å². The third-order valence-corrected chi connectivity index (χ3v) is 5.54. The smallest absolute Gasteiger partial charge is 0.132 e. The van der Waals surface area contributed by atoms with Crippen molar-refractivity contribution in [3.05, 3.63) is 84.4 Å². The monoisotopic (exact) mass is 403 g/mol. The second kappa shape index (κ2) is 9.65. The lowest BCUT2D eigenvalue weighted by molar-refractivity contribution is 0.242. The molecule has 1 aliphatic rings. The summed E-state index contributed by atoms with van der Waals surface area (Å²) in [5, 5.41) is 0. The number of hydrogen-bond donors (Lipinski definition) is 1. The molecule has 0 saturated carbocycles. The molecule has 1 heterocycles. The highest BCUT2D eigenvalue weighted by Gasteiger charge is 2.21. The van der Waals surface area contributed by atoms with Crippen LogP contribution in [0, 0.1) is 0 Å². The van der Waals surface area contributed by atoms with Crippen LogP contribution in [0.4, 0.5) is 5.69 Å². The molecule has 0 spiro atoms. The van der Waals surface area contributed by atoms with Gasteiger partial charge in [0.2, 0.25) is 0 Å². The van der Waals surface area contributed by atoms with Gasteiger partial charge >= 0.3 is 0 Å². The first-order chi connectivity index (χ1) is 14.7. The highest BCUT2D eigenvalue weighted by atomic mass is 16.5. The lowest BCUT2D eigenvalue weighted by Gasteiger charge is -2.37. The molecule has 0 bridgehead atoms. The van der Waals surface area contributed by atoms with Crippen molar-refractivity contribution < 1.29 is 9.47 Å². The topological polar surface area (TPSA) is 51.0 Å². The van der Waals surface area contributed by atoms with Crippen LogP contribution in [-0.4, -0.2) is 44.7 Å². The predicted octanol–water partition coefficient (Wildman–Crippen LogP) is 4.31. The molecule has 0 radical (unpaired) electrons. The molecule has 5 heteroatoms. The van der Waals surface area contributed by atoms with Crippen molar-refractivity contribution in [1.29, 1.82) is 0 Å². The van der Waals surface area contributed by atoms with E-state index in [2.05, 4.69) is 28.0 Å². The number of benzene rings is 3. The summed E-state index contributed by atoms with van der Waals surface area (Å²) in [6, 6.07) is 26.1. The van der Waals surface area contributed by atoms with Gasteiger partial charge in [0.15, 0.2) is 0 Å². The minimum Gasteiger partial charge on any atom is -0.497 e. The molecule has 30 heavy (non-hydrogen) atoms. The average molecular weight is 404 g/mol. The quantitative estimate of drug-likeness (QED) is 0.637. The number of methoxy groups -OCH3 is 1. The molecule has 1 aliphatic heterocycles. The zero-order valence-electron chi connectivity index (χ0n) is 17.4. The maximum atomic E-state index is 6.61. The molecule has 1 saturated heterocycles. The summed E-state index contributed by atoms with van der Waals surface area (Å²) in [5.41, 5.74) is 8.86. The molecular weight excluding hydrogens is 374 g/mol. The first-order valence-electron chi connectivity index (χ1n) is 10.4. The number of hydrogen-bond acceptors (Lipinski definition) is 5. The van der Waals surface area contributed by atoms with Gasteiger partial charge in [-0.15, -0.1) is 0 Å². The fourth-order valence-electron chi connectivity index (χ4n) is 3.87. The highest BCUT2D eigenvalue weighted by Crippen LogP contribution is 2.29. The number of piperazine rings is 1. The van der Waals surface area contributed by atoms with Gasteiger partial charge in [-0.25, -0.2) is 0 Å². The molecule has 5 nitrogen and oxygen atoms in total. The third kappa shape index (κ3) is 4.93. The lowest BCUT2D eigenvalue weighted by atomic mass is 10.1. The normalized spacial score (nSPS) is 15.6. The molecule has 1 atom stereocenters. The largest absolute Gasteiger partial charge is 0.497 e. The molecule has 4 rings (SSSR count). The number of nitrogens with two attached hydrogens (primary N) is 1. The molecular formula is C25H29N3O2.